The van der Waals surface area contributed by atoms with Crippen molar-refractivity contribution in [2.24, 2.45) is 22.7 Å². The minimum Gasteiger partial charge on any atom is -0.772 e. The van der Waals surface area contributed by atoms with Crippen LogP contribution in [-0.2, 0) is 35.4 Å². The number of nitrogens with one attached hydrogen (secondary N) is 1. The van der Waals surface area contributed by atoms with Crippen molar-refractivity contribution < 1.29 is 31.5 Å². The number of allylic oxidation sites excluding steroid dienone is 2. The summed E-state index contributed by atoms with van der Waals surface area (Å²) in [7, 11) is -3.39. The Morgan fingerprint density at radius 2 is 1.43 bits per heavy atom. The molecule has 1 amide bonds. The highest BCUT2D eigenvalue weighted by Gasteiger charge is 2.56. The maximum absolute atomic E-state index is 11.7. The van der Waals surface area contributed by atoms with Crippen LogP contribution in [0.25, 0.3) is 0 Å². The maximum atomic E-state index is 11.7. The fraction of sp³-hybridized carbons (Fsp3) is 0.515. The molecular weight excluding hydrogens is 601 g/mol. The number of carbonyl (C=O) groups is 2. The van der Waals surface area contributed by atoms with E-state index in [-0.39, 0.29) is 39.9 Å². The third kappa shape index (κ3) is 15.1. The number of hydrogen-bond donors (Lipinski definition) is 2. The van der Waals surface area contributed by atoms with Gasteiger partial charge in [-0.15, -0.1) is 32.4 Å². The SMILES string of the molecule is C#CC#CC.C#CC#CC#C.C=C[C@@H]1C[C@]1(C)C(=O)NS(=O)(=O)C1CC1.C=C[C@@H]1C[C@]1(C)C(=O)OCC.N.O=S([O-])C1CC1. The zero-order valence-electron chi connectivity index (χ0n) is 25.9. The van der Waals surface area contributed by atoms with E-state index in [1.54, 1.807) is 19.9 Å². The van der Waals surface area contributed by atoms with Gasteiger partial charge in [-0.25, -0.2) is 8.42 Å². The van der Waals surface area contributed by atoms with Gasteiger partial charge in [0.1, 0.15) is 0 Å². The summed E-state index contributed by atoms with van der Waals surface area (Å²) in [5.74, 6) is 15.7. The first-order chi connectivity index (χ1) is 20.2. The highest BCUT2D eigenvalue weighted by molar-refractivity contribution is 7.91. The molecular formula is C33H43N2O7S2-. The van der Waals surface area contributed by atoms with Gasteiger partial charge >= 0.3 is 5.97 Å². The molecule has 4 aliphatic carbocycles. The van der Waals surface area contributed by atoms with E-state index in [0.29, 0.717) is 31.8 Å². The Balaban J connectivity index is 0. The van der Waals surface area contributed by atoms with Gasteiger partial charge < -0.3 is 15.4 Å². The number of sulfonamides is 1. The number of hydrogen-bond acceptors (Lipinski definition) is 8. The van der Waals surface area contributed by atoms with Gasteiger partial charge in [0.2, 0.25) is 15.9 Å². The summed E-state index contributed by atoms with van der Waals surface area (Å²) in [5, 5.41) is -0.323. The molecule has 0 bridgehead atoms. The van der Waals surface area contributed by atoms with Gasteiger partial charge in [-0.1, -0.05) is 36.1 Å². The standard InChI is InChI=1S/C10H15NO3S.C9H14O2.C6H2.C5H4.C3H6O2S.H3N/c1-3-7-6-10(7,2)9(12)11-15(13,14)8-4-5-8;1-4-7-6-9(7,3)8(10)11-5-2;1-3-5-6-4-2;1-3-5-4-2;4-6(5)3-1-2-3;/h3,7-8H,1,4-6H2,2H3,(H,11,12);4,7H,1,5-6H2,2-3H3;1-2H;1H,2H3;3H,1-2H2,(H,4,5);1H3/p-1/t7-,10+;7-,9+;;;;/m11..../s1. The van der Waals surface area contributed by atoms with Crippen molar-refractivity contribution >= 4 is 33.0 Å². The van der Waals surface area contributed by atoms with Gasteiger partial charge in [-0.3, -0.25) is 18.5 Å². The Morgan fingerprint density at radius 1 is 0.977 bits per heavy atom. The zero-order valence-corrected chi connectivity index (χ0v) is 27.6. The Bertz CT molecular complexity index is 1380. The van der Waals surface area contributed by atoms with E-state index < -0.39 is 26.5 Å². The van der Waals surface area contributed by atoms with E-state index in [4.69, 9.17) is 24.0 Å². The van der Waals surface area contributed by atoms with Crippen molar-refractivity contribution in [1.82, 2.24) is 10.9 Å². The van der Waals surface area contributed by atoms with Gasteiger partial charge in [0.25, 0.3) is 0 Å². The second kappa shape index (κ2) is 20.2. The summed E-state index contributed by atoms with van der Waals surface area (Å²) < 4.78 is 49.6. The normalized spacial score (nSPS) is 24.9. The molecule has 4 N–H and O–H groups in total. The van der Waals surface area contributed by atoms with Crippen LogP contribution < -0.4 is 10.9 Å². The topological polar surface area (TPSA) is 165 Å². The molecule has 0 aromatic rings. The number of carbonyl (C=O) groups excluding carboxylic acids is 2. The summed E-state index contributed by atoms with van der Waals surface area (Å²) in [6, 6.07) is 0. The van der Waals surface area contributed by atoms with Gasteiger partial charge in [0, 0.05) is 5.25 Å². The van der Waals surface area contributed by atoms with E-state index in [2.05, 4.69) is 59.3 Å². The molecule has 5 atom stereocenters. The molecule has 11 heteroatoms. The summed E-state index contributed by atoms with van der Waals surface area (Å²) in [6.45, 7) is 15.0. The first-order valence-electron chi connectivity index (χ1n) is 13.5. The third-order valence-electron chi connectivity index (χ3n) is 6.83. The molecule has 4 fully saturated rings. The lowest BCUT2D eigenvalue weighted by Gasteiger charge is -2.10. The van der Waals surface area contributed by atoms with Crippen LogP contribution in [0.2, 0.25) is 0 Å². The first kappa shape index (κ1) is 42.4. The number of rotatable bonds is 8. The quantitative estimate of drug-likeness (QED) is 0.175. The highest BCUT2D eigenvalue weighted by atomic mass is 32.2. The molecule has 4 rings (SSSR count). The van der Waals surface area contributed by atoms with Crippen molar-refractivity contribution in [3.05, 3.63) is 25.3 Å². The van der Waals surface area contributed by atoms with Crippen molar-refractivity contribution in [1.29, 1.82) is 0 Å². The van der Waals surface area contributed by atoms with Crippen LogP contribution >= 0.6 is 0 Å². The lowest BCUT2D eigenvalue weighted by molar-refractivity contribution is -0.149. The molecule has 0 spiro atoms. The van der Waals surface area contributed by atoms with E-state index >= 15 is 0 Å². The Labute approximate surface area is 266 Å². The number of esters is 1. The van der Waals surface area contributed by atoms with Crippen LogP contribution in [-0.4, -0.2) is 46.2 Å². The van der Waals surface area contributed by atoms with Crippen LogP contribution in [0.3, 0.4) is 0 Å². The third-order valence-corrected chi connectivity index (χ3v) is 9.67. The molecule has 4 saturated carbocycles. The minimum atomic E-state index is -3.39. The average molecular weight is 644 g/mol. The van der Waals surface area contributed by atoms with Gasteiger partial charge in [-0.05, 0) is 107 Å². The fourth-order valence-corrected chi connectivity index (χ4v) is 5.32. The lowest BCUT2D eigenvalue weighted by Crippen LogP contribution is -2.38. The molecule has 44 heavy (non-hydrogen) atoms. The Morgan fingerprint density at radius 3 is 1.68 bits per heavy atom. The molecule has 0 aromatic carbocycles. The van der Waals surface area contributed by atoms with Crippen LogP contribution in [0, 0.1) is 83.4 Å². The maximum Gasteiger partial charge on any atom is 0.312 e. The van der Waals surface area contributed by atoms with Crippen molar-refractivity contribution in [3.63, 3.8) is 0 Å². The summed E-state index contributed by atoms with van der Waals surface area (Å²) in [6.07, 6.45) is 22.4. The molecule has 0 saturated heterocycles. The van der Waals surface area contributed by atoms with Gasteiger partial charge in [-0.2, -0.15) is 0 Å². The van der Waals surface area contributed by atoms with Gasteiger partial charge in [0.05, 0.1) is 22.7 Å². The fourth-order valence-electron chi connectivity index (χ4n) is 3.39. The molecule has 9 nitrogen and oxygen atoms in total. The second-order valence-corrected chi connectivity index (χ2v) is 13.5. The molecule has 0 heterocycles. The molecule has 0 aliphatic heterocycles. The summed E-state index contributed by atoms with van der Waals surface area (Å²) in [4.78, 5) is 22.9. The predicted molar refractivity (Wildman–Crippen MR) is 174 cm³/mol. The smallest absolute Gasteiger partial charge is 0.312 e. The largest absolute Gasteiger partial charge is 0.772 e. The number of amides is 1. The second-order valence-electron chi connectivity index (χ2n) is 10.3. The molecule has 4 aliphatic rings. The van der Waals surface area contributed by atoms with Crippen LogP contribution in [0.5, 0.6) is 0 Å². The van der Waals surface area contributed by atoms with E-state index in [0.717, 1.165) is 19.3 Å². The van der Waals surface area contributed by atoms with Gasteiger partial charge in [0.15, 0.2) is 0 Å². The Kier molecular flexibility index (Phi) is 19.5. The molecule has 1 unspecified atom stereocenters. The van der Waals surface area contributed by atoms with E-state index in [1.807, 2.05) is 19.9 Å². The van der Waals surface area contributed by atoms with Crippen molar-refractivity contribution in [3.8, 4) is 60.7 Å². The monoisotopic (exact) mass is 643 g/mol. The van der Waals surface area contributed by atoms with E-state index in [1.165, 1.54) is 0 Å². The molecule has 0 aromatic heterocycles. The van der Waals surface area contributed by atoms with Crippen LogP contribution in [0.1, 0.15) is 66.2 Å². The highest BCUT2D eigenvalue weighted by Crippen LogP contribution is 2.54. The number of terminal acetylenes is 3. The van der Waals surface area contributed by atoms with Crippen molar-refractivity contribution in [2.45, 2.75) is 76.7 Å². The molecule has 0 radical (unpaired) electrons. The first-order valence-corrected chi connectivity index (χ1v) is 16.2. The summed E-state index contributed by atoms with van der Waals surface area (Å²) in [5.41, 5.74) is -0.804. The molecule has 240 valence electrons. The summed E-state index contributed by atoms with van der Waals surface area (Å²) >= 11 is -1.76. The van der Waals surface area contributed by atoms with Crippen LogP contribution in [0.4, 0.5) is 0 Å². The number of ether oxygens (including phenoxy) is 1. The predicted octanol–water partition coefficient (Wildman–Crippen LogP) is 3.66. The minimum absolute atomic E-state index is 0. The van der Waals surface area contributed by atoms with E-state index in [9.17, 15) is 26.8 Å². The Hall–Kier alpha value is -3.76. The van der Waals surface area contributed by atoms with Crippen molar-refractivity contribution in [2.75, 3.05) is 6.61 Å². The van der Waals surface area contributed by atoms with Crippen LogP contribution in [0.15, 0.2) is 25.3 Å². The average Bonchev–Trinajstić information content (AvgIpc) is 3.80. The zero-order chi connectivity index (χ0) is 33.3. The lowest BCUT2D eigenvalue weighted by atomic mass is 10.1.